The number of thioether (sulfide) groups is 1. The molecule has 0 spiro atoms. The van der Waals surface area contributed by atoms with E-state index in [1.165, 1.54) is 0 Å². The predicted molar refractivity (Wildman–Crippen MR) is 62.2 cm³/mol. The zero-order valence-electron chi connectivity index (χ0n) is 8.91. The minimum atomic E-state index is 0.0538. The number of carbonyl (C=O) groups excluding carboxylic acids is 1. The Hall–Kier alpha value is -1.27. The third-order valence-corrected chi connectivity index (χ3v) is 3.21. The van der Waals surface area contributed by atoms with Crippen LogP contribution in [0.15, 0.2) is 23.1 Å². The number of benzene rings is 1. The van der Waals surface area contributed by atoms with Gasteiger partial charge in [0.2, 0.25) is 0 Å². The van der Waals surface area contributed by atoms with Gasteiger partial charge in [-0.2, -0.15) is 5.26 Å². The molecule has 2 nitrogen and oxygen atoms in total. The summed E-state index contributed by atoms with van der Waals surface area (Å²) in [5.74, 6) is 1.02. The van der Waals surface area contributed by atoms with Crippen molar-refractivity contribution in [2.75, 3.05) is 5.75 Å². The summed E-state index contributed by atoms with van der Waals surface area (Å²) in [4.78, 5) is 12.3. The fourth-order valence-corrected chi connectivity index (χ4v) is 2.22. The van der Waals surface area contributed by atoms with Crippen molar-refractivity contribution < 1.29 is 4.79 Å². The minimum absolute atomic E-state index is 0.0538. The van der Waals surface area contributed by atoms with E-state index in [4.69, 9.17) is 5.26 Å². The molecule has 1 aromatic rings. The normalized spacial score (nSPS) is 9.67. The molecule has 0 aliphatic rings. The van der Waals surface area contributed by atoms with E-state index in [2.05, 4.69) is 13.0 Å². The Morgan fingerprint density at radius 3 is 2.80 bits per heavy atom. The highest BCUT2D eigenvalue weighted by atomic mass is 32.2. The second kappa shape index (κ2) is 5.57. The largest absolute Gasteiger partial charge is 0.294 e. The number of carbonyl (C=O) groups is 1. The SMILES string of the molecule is CCCSc1cc(C#N)ccc1C(C)=O. The van der Waals surface area contributed by atoms with Crippen molar-refractivity contribution in [1.82, 2.24) is 0 Å². The van der Waals surface area contributed by atoms with Crippen LogP contribution in [0.2, 0.25) is 0 Å². The molecule has 0 N–H and O–H groups in total. The summed E-state index contributed by atoms with van der Waals surface area (Å²) in [7, 11) is 0. The molecule has 0 saturated heterocycles. The van der Waals surface area contributed by atoms with Gasteiger partial charge in [-0.25, -0.2) is 0 Å². The van der Waals surface area contributed by atoms with Crippen molar-refractivity contribution in [2.45, 2.75) is 25.2 Å². The van der Waals surface area contributed by atoms with Crippen LogP contribution in [0, 0.1) is 11.3 Å². The smallest absolute Gasteiger partial charge is 0.160 e. The summed E-state index contributed by atoms with van der Waals surface area (Å²) in [6.45, 7) is 3.64. The Bertz CT molecular complexity index is 407. The van der Waals surface area contributed by atoms with Gasteiger partial charge in [0.15, 0.2) is 5.78 Å². The highest BCUT2D eigenvalue weighted by Crippen LogP contribution is 2.25. The van der Waals surface area contributed by atoms with Gasteiger partial charge in [0.25, 0.3) is 0 Å². The lowest BCUT2D eigenvalue weighted by molar-refractivity contribution is 0.101. The fraction of sp³-hybridized carbons (Fsp3) is 0.333. The Balaban J connectivity index is 3.06. The standard InChI is InChI=1S/C12H13NOS/c1-3-6-15-12-7-10(8-13)4-5-11(12)9(2)14/h4-5,7H,3,6H2,1-2H3. The molecule has 0 saturated carbocycles. The first-order chi connectivity index (χ1) is 7.19. The third kappa shape index (κ3) is 3.10. The first kappa shape index (κ1) is 11.8. The molecule has 0 aliphatic carbocycles. The first-order valence-corrected chi connectivity index (χ1v) is 5.85. The Morgan fingerprint density at radius 2 is 2.27 bits per heavy atom. The van der Waals surface area contributed by atoms with Crippen LogP contribution in [-0.2, 0) is 0 Å². The second-order valence-corrected chi connectivity index (χ2v) is 4.36. The van der Waals surface area contributed by atoms with Gasteiger partial charge in [-0.3, -0.25) is 4.79 Å². The number of nitriles is 1. The Morgan fingerprint density at radius 1 is 1.53 bits per heavy atom. The van der Waals surface area contributed by atoms with Crippen molar-refractivity contribution in [3.05, 3.63) is 29.3 Å². The van der Waals surface area contributed by atoms with Crippen LogP contribution in [0.5, 0.6) is 0 Å². The van der Waals surface area contributed by atoms with E-state index < -0.39 is 0 Å². The molecule has 0 aliphatic heterocycles. The van der Waals surface area contributed by atoms with E-state index in [-0.39, 0.29) is 5.78 Å². The van der Waals surface area contributed by atoms with E-state index >= 15 is 0 Å². The summed E-state index contributed by atoms with van der Waals surface area (Å²) >= 11 is 1.63. The number of ketones is 1. The number of nitrogens with zero attached hydrogens (tertiary/aromatic N) is 1. The summed E-state index contributed by atoms with van der Waals surface area (Å²) in [6.07, 6.45) is 1.05. The van der Waals surface area contributed by atoms with Crippen LogP contribution in [0.3, 0.4) is 0 Å². The Kier molecular flexibility index (Phi) is 4.38. The molecule has 78 valence electrons. The zero-order valence-corrected chi connectivity index (χ0v) is 9.73. The van der Waals surface area contributed by atoms with Crippen LogP contribution >= 0.6 is 11.8 Å². The van der Waals surface area contributed by atoms with Gasteiger partial charge in [0.05, 0.1) is 11.6 Å². The molecule has 0 unspecified atom stereocenters. The summed E-state index contributed by atoms with van der Waals surface area (Å²) in [5.41, 5.74) is 1.33. The fourth-order valence-electron chi connectivity index (χ4n) is 1.21. The molecule has 0 radical (unpaired) electrons. The molecular weight excluding hydrogens is 206 g/mol. The van der Waals surface area contributed by atoms with Crippen LogP contribution < -0.4 is 0 Å². The van der Waals surface area contributed by atoms with Crippen molar-refractivity contribution in [3.63, 3.8) is 0 Å². The highest BCUT2D eigenvalue weighted by molar-refractivity contribution is 7.99. The Labute approximate surface area is 94.3 Å². The van der Waals surface area contributed by atoms with Crippen molar-refractivity contribution >= 4 is 17.5 Å². The molecule has 0 heterocycles. The van der Waals surface area contributed by atoms with E-state index in [1.54, 1.807) is 36.9 Å². The van der Waals surface area contributed by atoms with Crippen molar-refractivity contribution in [1.29, 1.82) is 5.26 Å². The molecular formula is C12H13NOS. The molecule has 0 amide bonds. The number of hydrogen-bond acceptors (Lipinski definition) is 3. The van der Waals surface area contributed by atoms with Gasteiger partial charge < -0.3 is 0 Å². The molecule has 0 aromatic heterocycles. The number of rotatable bonds is 4. The summed E-state index contributed by atoms with van der Waals surface area (Å²) < 4.78 is 0. The molecule has 1 aromatic carbocycles. The average molecular weight is 219 g/mol. The lowest BCUT2D eigenvalue weighted by Gasteiger charge is -2.05. The van der Waals surface area contributed by atoms with Gasteiger partial charge in [-0.1, -0.05) is 6.92 Å². The molecule has 0 fully saturated rings. The van der Waals surface area contributed by atoms with Crippen LogP contribution in [-0.4, -0.2) is 11.5 Å². The third-order valence-electron chi connectivity index (χ3n) is 1.95. The zero-order chi connectivity index (χ0) is 11.3. The quantitative estimate of drug-likeness (QED) is 0.576. The molecule has 1 rings (SSSR count). The lowest BCUT2D eigenvalue weighted by atomic mass is 10.1. The van der Waals surface area contributed by atoms with E-state index in [0.717, 1.165) is 17.1 Å². The van der Waals surface area contributed by atoms with Gasteiger partial charge in [-0.05, 0) is 37.3 Å². The summed E-state index contributed by atoms with van der Waals surface area (Å²) in [5, 5.41) is 8.77. The number of Topliss-reactive ketones (excluding diaryl/α,β-unsaturated/α-hetero) is 1. The average Bonchev–Trinajstić information content (AvgIpc) is 2.25. The van der Waals surface area contributed by atoms with Crippen molar-refractivity contribution in [2.24, 2.45) is 0 Å². The lowest BCUT2D eigenvalue weighted by Crippen LogP contribution is -1.96. The maximum absolute atomic E-state index is 11.3. The summed E-state index contributed by atoms with van der Waals surface area (Å²) in [6, 6.07) is 7.30. The van der Waals surface area contributed by atoms with E-state index in [9.17, 15) is 4.79 Å². The van der Waals surface area contributed by atoms with Crippen LogP contribution in [0.1, 0.15) is 36.2 Å². The molecule has 3 heteroatoms. The maximum atomic E-state index is 11.3. The monoisotopic (exact) mass is 219 g/mol. The number of hydrogen-bond donors (Lipinski definition) is 0. The van der Waals surface area contributed by atoms with Crippen LogP contribution in [0.25, 0.3) is 0 Å². The first-order valence-electron chi connectivity index (χ1n) is 4.87. The van der Waals surface area contributed by atoms with Gasteiger partial charge in [0.1, 0.15) is 0 Å². The molecule has 15 heavy (non-hydrogen) atoms. The van der Waals surface area contributed by atoms with Gasteiger partial charge in [-0.15, -0.1) is 11.8 Å². The van der Waals surface area contributed by atoms with Crippen LogP contribution in [0.4, 0.5) is 0 Å². The predicted octanol–water partition coefficient (Wildman–Crippen LogP) is 3.26. The minimum Gasteiger partial charge on any atom is -0.294 e. The molecule has 0 atom stereocenters. The van der Waals surface area contributed by atoms with E-state index in [0.29, 0.717) is 11.1 Å². The van der Waals surface area contributed by atoms with E-state index in [1.807, 2.05) is 0 Å². The van der Waals surface area contributed by atoms with Gasteiger partial charge >= 0.3 is 0 Å². The second-order valence-electron chi connectivity index (χ2n) is 3.23. The highest BCUT2D eigenvalue weighted by Gasteiger charge is 2.08. The van der Waals surface area contributed by atoms with Crippen molar-refractivity contribution in [3.8, 4) is 6.07 Å². The maximum Gasteiger partial charge on any atom is 0.160 e. The van der Waals surface area contributed by atoms with Gasteiger partial charge in [0, 0.05) is 10.5 Å². The topological polar surface area (TPSA) is 40.9 Å². The molecule has 0 bridgehead atoms.